The van der Waals surface area contributed by atoms with Crippen LogP contribution in [0.2, 0.25) is 5.02 Å². The van der Waals surface area contributed by atoms with Gasteiger partial charge in [0.05, 0.1) is 6.21 Å². The minimum Gasteiger partial charge on any atom is -0.489 e. The van der Waals surface area contributed by atoms with E-state index in [0.29, 0.717) is 17.4 Å². The number of hydrogen-bond acceptors (Lipinski definition) is 4. The van der Waals surface area contributed by atoms with Gasteiger partial charge in [-0.2, -0.15) is 5.10 Å². The molecule has 1 atom stereocenters. The number of halogens is 1. The Morgan fingerprint density at radius 3 is 2.34 bits per heavy atom. The number of rotatable bonds is 8. The van der Waals surface area contributed by atoms with Crippen molar-refractivity contribution in [3.05, 3.63) is 95.0 Å². The SMILES string of the molecule is CC(Oc1ccc(OCc2ccccc2)cc1)C(=O)NN=Cc1ccc(Cl)cc1. The molecular formula is C23H21ClN2O3. The van der Waals surface area contributed by atoms with E-state index in [2.05, 4.69) is 10.5 Å². The molecule has 0 fully saturated rings. The Hall–Kier alpha value is -3.31. The van der Waals surface area contributed by atoms with Gasteiger partial charge in [-0.3, -0.25) is 4.79 Å². The number of carbonyl (C=O) groups excluding carboxylic acids is 1. The molecule has 3 aromatic rings. The van der Waals surface area contributed by atoms with Gasteiger partial charge in [0.25, 0.3) is 5.91 Å². The van der Waals surface area contributed by atoms with Crippen LogP contribution in [-0.2, 0) is 11.4 Å². The fraction of sp³-hybridized carbons (Fsp3) is 0.130. The molecule has 0 aliphatic rings. The highest BCUT2D eigenvalue weighted by molar-refractivity contribution is 6.30. The number of carbonyl (C=O) groups is 1. The Bertz CT molecular complexity index is 942. The van der Waals surface area contributed by atoms with E-state index in [9.17, 15) is 4.79 Å². The number of hydrogen-bond donors (Lipinski definition) is 1. The molecule has 1 amide bonds. The van der Waals surface area contributed by atoms with Crippen LogP contribution >= 0.6 is 11.6 Å². The van der Waals surface area contributed by atoms with Gasteiger partial charge in [0, 0.05) is 5.02 Å². The number of hydrazone groups is 1. The second-order valence-corrected chi connectivity index (χ2v) is 6.73. The topological polar surface area (TPSA) is 59.9 Å². The third kappa shape index (κ3) is 6.66. The van der Waals surface area contributed by atoms with Gasteiger partial charge >= 0.3 is 0 Å². The van der Waals surface area contributed by atoms with Crippen molar-refractivity contribution < 1.29 is 14.3 Å². The lowest BCUT2D eigenvalue weighted by atomic mass is 10.2. The van der Waals surface area contributed by atoms with Crippen LogP contribution in [0.25, 0.3) is 0 Å². The number of nitrogens with one attached hydrogen (secondary N) is 1. The maximum Gasteiger partial charge on any atom is 0.280 e. The summed E-state index contributed by atoms with van der Waals surface area (Å²) in [7, 11) is 0. The summed E-state index contributed by atoms with van der Waals surface area (Å²) in [5, 5.41) is 4.58. The Morgan fingerprint density at radius 1 is 1.00 bits per heavy atom. The largest absolute Gasteiger partial charge is 0.489 e. The number of ether oxygens (including phenoxy) is 2. The molecule has 0 spiro atoms. The van der Waals surface area contributed by atoms with Crippen LogP contribution in [0.4, 0.5) is 0 Å². The summed E-state index contributed by atoms with van der Waals surface area (Å²) in [6, 6.07) is 24.2. The maximum atomic E-state index is 12.1. The van der Waals surface area contributed by atoms with Crippen molar-refractivity contribution in [1.82, 2.24) is 5.43 Å². The van der Waals surface area contributed by atoms with E-state index in [-0.39, 0.29) is 5.91 Å². The van der Waals surface area contributed by atoms with Gasteiger partial charge < -0.3 is 9.47 Å². The monoisotopic (exact) mass is 408 g/mol. The molecule has 3 rings (SSSR count). The van der Waals surface area contributed by atoms with Gasteiger partial charge in [-0.05, 0) is 54.4 Å². The Balaban J connectivity index is 1.46. The lowest BCUT2D eigenvalue weighted by Crippen LogP contribution is -2.33. The zero-order chi connectivity index (χ0) is 20.5. The Kier molecular flexibility index (Phi) is 7.25. The number of benzene rings is 3. The lowest BCUT2D eigenvalue weighted by molar-refractivity contribution is -0.127. The summed E-state index contributed by atoms with van der Waals surface area (Å²) in [5.41, 5.74) is 4.39. The molecule has 0 aromatic heterocycles. The first-order valence-corrected chi connectivity index (χ1v) is 9.50. The van der Waals surface area contributed by atoms with Gasteiger partial charge in [0.1, 0.15) is 18.1 Å². The van der Waals surface area contributed by atoms with Crippen molar-refractivity contribution in [3.8, 4) is 11.5 Å². The van der Waals surface area contributed by atoms with Crippen LogP contribution in [0, 0.1) is 0 Å². The van der Waals surface area contributed by atoms with Crippen LogP contribution in [-0.4, -0.2) is 18.2 Å². The highest BCUT2D eigenvalue weighted by atomic mass is 35.5. The first-order valence-electron chi connectivity index (χ1n) is 9.12. The molecule has 29 heavy (non-hydrogen) atoms. The van der Waals surface area contributed by atoms with E-state index in [1.165, 1.54) is 0 Å². The van der Waals surface area contributed by atoms with Crippen molar-refractivity contribution in [2.75, 3.05) is 0 Å². The molecule has 0 saturated heterocycles. The highest BCUT2D eigenvalue weighted by Crippen LogP contribution is 2.19. The summed E-state index contributed by atoms with van der Waals surface area (Å²) < 4.78 is 11.4. The average molecular weight is 409 g/mol. The molecule has 0 bridgehead atoms. The van der Waals surface area contributed by atoms with Gasteiger partial charge in [-0.15, -0.1) is 0 Å². The van der Waals surface area contributed by atoms with Gasteiger partial charge in [0.15, 0.2) is 6.10 Å². The first-order chi connectivity index (χ1) is 14.1. The summed E-state index contributed by atoms with van der Waals surface area (Å²) >= 11 is 5.83. The van der Waals surface area contributed by atoms with Crippen LogP contribution in [0.15, 0.2) is 84.0 Å². The summed E-state index contributed by atoms with van der Waals surface area (Å²) in [6.07, 6.45) is 0.841. The normalized spacial score (nSPS) is 11.8. The van der Waals surface area contributed by atoms with Crippen molar-refractivity contribution in [2.45, 2.75) is 19.6 Å². The van der Waals surface area contributed by atoms with Gasteiger partial charge in [-0.25, -0.2) is 5.43 Å². The zero-order valence-electron chi connectivity index (χ0n) is 15.9. The van der Waals surface area contributed by atoms with Crippen molar-refractivity contribution in [2.24, 2.45) is 5.10 Å². The first kappa shape index (κ1) is 20.4. The second kappa shape index (κ2) is 10.3. The quantitative estimate of drug-likeness (QED) is 0.428. The molecule has 3 aromatic carbocycles. The number of amides is 1. The lowest BCUT2D eigenvalue weighted by Gasteiger charge is -2.13. The molecule has 5 nitrogen and oxygen atoms in total. The average Bonchev–Trinajstić information content (AvgIpc) is 2.75. The molecule has 1 N–H and O–H groups in total. The van der Waals surface area contributed by atoms with Crippen LogP contribution < -0.4 is 14.9 Å². The van der Waals surface area contributed by atoms with E-state index in [4.69, 9.17) is 21.1 Å². The smallest absolute Gasteiger partial charge is 0.280 e. The minimum atomic E-state index is -0.701. The van der Waals surface area contributed by atoms with Gasteiger partial charge in [-0.1, -0.05) is 54.1 Å². The highest BCUT2D eigenvalue weighted by Gasteiger charge is 2.13. The molecule has 0 aliphatic carbocycles. The van der Waals surface area contributed by atoms with Crippen LogP contribution in [0.5, 0.6) is 11.5 Å². The fourth-order valence-corrected chi connectivity index (χ4v) is 2.55. The molecule has 0 radical (unpaired) electrons. The molecule has 0 saturated carbocycles. The third-order valence-electron chi connectivity index (χ3n) is 4.01. The number of nitrogens with zero attached hydrogens (tertiary/aromatic N) is 1. The predicted molar refractivity (Wildman–Crippen MR) is 114 cm³/mol. The molecule has 148 valence electrons. The zero-order valence-corrected chi connectivity index (χ0v) is 16.7. The van der Waals surface area contributed by atoms with Crippen molar-refractivity contribution >= 4 is 23.7 Å². The predicted octanol–water partition coefficient (Wildman–Crippen LogP) is 4.84. The Labute approximate surface area is 174 Å². The van der Waals surface area contributed by atoms with Crippen molar-refractivity contribution in [1.29, 1.82) is 0 Å². The second-order valence-electron chi connectivity index (χ2n) is 6.29. The summed E-state index contributed by atoms with van der Waals surface area (Å²) in [4.78, 5) is 12.1. The molecular weight excluding hydrogens is 388 g/mol. The molecule has 1 unspecified atom stereocenters. The van der Waals surface area contributed by atoms with Crippen LogP contribution in [0.1, 0.15) is 18.1 Å². The summed E-state index contributed by atoms with van der Waals surface area (Å²) in [6.45, 7) is 2.15. The standard InChI is InChI=1S/C23H21ClN2O3/c1-17(23(27)26-25-15-18-7-9-20(24)10-8-18)29-22-13-11-21(12-14-22)28-16-19-5-3-2-4-6-19/h2-15,17H,16H2,1H3,(H,26,27). The van der Waals surface area contributed by atoms with E-state index in [1.807, 2.05) is 42.5 Å². The maximum absolute atomic E-state index is 12.1. The van der Waals surface area contributed by atoms with E-state index in [1.54, 1.807) is 49.5 Å². The molecule has 0 heterocycles. The summed E-state index contributed by atoms with van der Waals surface area (Å²) in [5.74, 6) is 0.951. The molecule has 0 aliphatic heterocycles. The van der Waals surface area contributed by atoms with Gasteiger partial charge in [0.2, 0.25) is 0 Å². The van der Waals surface area contributed by atoms with E-state index in [0.717, 1.165) is 16.9 Å². The van der Waals surface area contributed by atoms with E-state index < -0.39 is 6.10 Å². The fourth-order valence-electron chi connectivity index (χ4n) is 2.42. The molecule has 6 heteroatoms. The van der Waals surface area contributed by atoms with Crippen LogP contribution in [0.3, 0.4) is 0 Å². The van der Waals surface area contributed by atoms with Crippen molar-refractivity contribution in [3.63, 3.8) is 0 Å². The third-order valence-corrected chi connectivity index (χ3v) is 4.26. The Morgan fingerprint density at radius 2 is 1.66 bits per heavy atom. The van der Waals surface area contributed by atoms with E-state index >= 15 is 0 Å². The minimum absolute atomic E-state index is 0.348.